The summed E-state index contributed by atoms with van der Waals surface area (Å²) >= 11 is 0. The van der Waals surface area contributed by atoms with Crippen LogP contribution in [-0.2, 0) is 6.54 Å². The third kappa shape index (κ3) is 3.14. The summed E-state index contributed by atoms with van der Waals surface area (Å²) < 4.78 is 12.3. The van der Waals surface area contributed by atoms with Crippen molar-refractivity contribution in [1.82, 2.24) is 9.78 Å². The van der Waals surface area contributed by atoms with Gasteiger partial charge in [-0.1, -0.05) is 0 Å². The molecule has 4 rings (SSSR count). The molecule has 1 aromatic heterocycles. The molecular formula is C18H22N3O3+. The van der Waals surface area contributed by atoms with Crippen LogP contribution in [0.5, 0.6) is 11.5 Å². The molecule has 0 spiro atoms. The van der Waals surface area contributed by atoms with Crippen molar-refractivity contribution in [2.45, 2.75) is 25.8 Å². The smallest absolute Gasteiger partial charge is 0.266 e. The number of piperidine rings is 1. The lowest BCUT2D eigenvalue weighted by atomic mass is 10.1. The van der Waals surface area contributed by atoms with Crippen molar-refractivity contribution >= 4 is 0 Å². The van der Waals surface area contributed by atoms with E-state index in [0.29, 0.717) is 6.54 Å². The molecule has 0 bridgehead atoms. The summed E-state index contributed by atoms with van der Waals surface area (Å²) in [5.74, 6) is 1.48. The zero-order valence-corrected chi connectivity index (χ0v) is 13.7. The lowest BCUT2D eigenvalue weighted by Gasteiger charge is -2.23. The number of likely N-dealkylation sites (tertiary alicyclic amines) is 1. The van der Waals surface area contributed by atoms with Crippen LogP contribution in [0.25, 0.3) is 11.3 Å². The molecule has 6 heteroatoms. The maximum Gasteiger partial charge on any atom is 0.266 e. The summed E-state index contributed by atoms with van der Waals surface area (Å²) in [7, 11) is 0. The van der Waals surface area contributed by atoms with Gasteiger partial charge >= 0.3 is 0 Å². The Bertz CT molecular complexity index is 781. The van der Waals surface area contributed by atoms with E-state index in [0.717, 1.165) is 29.3 Å². The van der Waals surface area contributed by atoms with E-state index in [1.807, 2.05) is 18.2 Å². The Hall–Kier alpha value is -2.34. The van der Waals surface area contributed by atoms with Crippen LogP contribution in [0.2, 0.25) is 0 Å². The largest absolute Gasteiger partial charge is 0.454 e. The number of fused-ring (bicyclic) bond motifs is 1. The summed E-state index contributed by atoms with van der Waals surface area (Å²) in [4.78, 5) is 13.7. The number of quaternary nitrogens is 1. The molecule has 0 unspecified atom stereocenters. The Balaban J connectivity index is 1.53. The molecule has 126 valence electrons. The first-order valence-corrected chi connectivity index (χ1v) is 8.61. The Morgan fingerprint density at radius 3 is 2.75 bits per heavy atom. The number of ether oxygens (including phenoxy) is 2. The highest BCUT2D eigenvalue weighted by Gasteiger charge is 2.16. The summed E-state index contributed by atoms with van der Waals surface area (Å²) in [5.41, 5.74) is 1.66. The maximum absolute atomic E-state index is 12.1. The molecule has 24 heavy (non-hydrogen) atoms. The van der Waals surface area contributed by atoms with E-state index >= 15 is 0 Å². The average Bonchev–Trinajstić information content (AvgIpc) is 3.09. The molecule has 0 aliphatic carbocycles. The molecule has 6 nitrogen and oxygen atoms in total. The number of hydrogen-bond donors (Lipinski definition) is 1. The van der Waals surface area contributed by atoms with Crippen LogP contribution in [0.3, 0.4) is 0 Å². The molecule has 2 aliphatic rings. The number of nitrogens with zero attached hydrogens (tertiary/aromatic N) is 2. The third-order valence-corrected chi connectivity index (χ3v) is 4.77. The fraction of sp³-hybridized carbons (Fsp3) is 0.444. The molecule has 0 radical (unpaired) electrons. The van der Waals surface area contributed by atoms with Crippen LogP contribution in [0.1, 0.15) is 19.3 Å². The summed E-state index contributed by atoms with van der Waals surface area (Å²) in [6, 6.07) is 9.10. The van der Waals surface area contributed by atoms with Crippen LogP contribution in [0.4, 0.5) is 0 Å². The first-order chi connectivity index (χ1) is 11.8. The molecular weight excluding hydrogens is 306 g/mol. The topological polar surface area (TPSA) is 57.8 Å². The monoisotopic (exact) mass is 328 g/mol. The summed E-state index contributed by atoms with van der Waals surface area (Å²) in [6.45, 7) is 4.28. The molecule has 1 fully saturated rings. The minimum absolute atomic E-state index is 0.0455. The zero-order valence-electron chi connectivity index (χ0n) is 13.7. The highest BCUT2D eigenvalue weighted by atomic mass is 16.7. The molecule has 0 amide bonds. The molecule has 2 aliphatic heterocycles. The van der Waals surface area contributed by atoms with Crippen molar-refractivity contribution in [2.24, 2.45) is 0 Å². The zero-order chi connectivity index (χ0) is 16.4. The van der Waals surface area contributed by atoms with E-state index in [-0.39, 0.29) is 12.4 Å². The van der Waals surface area contributed by atoms with E-state index in [2.05, 4.69) is 5.10 Å². The van der Waals surface area contributed by atoms with Gasteiger partial charge in [0, 0.05) is 11.6 Å². The van der Waals surface area contributed by atoms with Gasteiger partial charge in [0.1, 0.15) is 0 Å². The van der Waals surface area contributed by atoms with E-state index in [1.54, 1.807) is 21.7 Å². The fourth-order valence-corrected chi connectivity index (χ4v) is 3.38. The van der Waals surface area contributed by atoms with E-state index in [9.17, 15) is 4.79 Å². The molecule has 1 saturated heterocycles. The second kappa shape index (κ2) is 6.65. The predicted molar refractivity (Wildman–Crippen MR) is 89.5 cm³/mol. The van der Waals surface area contributed by atoms with Crippen molar-refractivity contribution in [2.75, 3.05) is 26.4 Å². The van der Waals surface area contributed by atoms with Gasteiger partial charge in [0.25, 0.3) is 5.56 Å². The van der Waals surface area contributed by atoms with E-state index in [4.69, 9.17) is 9.47 Å². The number of hydrogen-bond acceptors (Lipinski definition) is 4. The fourth-order valence-electron chi connectivity index (χ4n) is 3.38. The third-order valence-electron chi connectivity index (χ3n) is 4.77. The lowest BCUT2D eigenvalue weighted by molar-refractivity contribution is -0.905. The van der Waals surface area contributed by atoms with E-state index in [1.165, 1.54) is 32.4 Å². The standard InChI is InChI=1S/C18H21N3O3/c22-18-7-5-15(14-4-6-16-17(12-14)24-13-23-16)19-21(18)11-10-20-8-2-1-3-9-20/h4-7,12H,1-3,8-11,13H2/p+1. The maximum atomic E-state index is 12.1. The second-order valence-corrected chi connectivity index (χ2v) is 6.41. The Morgan fingerprint density at radius 2 is 1.88 bits per heavy atom. The van der Waals surface area contributed by atoms with Crippen LogP contribution < -0.4 is 19.9 Å². The summed E-state index contributed by atoms with van der Waals surface area (Å²) in [6.07, 6.45) is 3.91. The van der Waals surface area contributed by atoms with Crippen LogP contribution >= 0.6 is 0 Å². The minimum Gasteiger partial charge on any atom is -0.454 e. The predicted octanol–water partition coefficient (Wildman–Crippen LogP) is 0.708. The van der Waals surface area contributed by atoms with Gasteiger partial charge in [-0.3, -0.25) is 4.79 Å². The molecule has 1 aromatic carbocycles. The van der Waals surface area contributed by atoms with Gasteiger partial charge in [0.05, 0.1) is 31.9 Å². The number of aromatic nitrogens is 2. The number of nitrogens with one attached hydrogen (secondary N) is 1. The van der Waals surface area contributed by atoms with Crippen LogP contribution in [-0.4, -0.2) is 36.2 Å². The van der Waals surface area contributed by atoms with Crippen molar-refractivity contribution in [1.29, 1.82) is 0 Å². The first-order valence-electron chi connectivity index (χ1n) is 8.61. The molecule has 3 heterocycles. The van der Waals surface area contributed by atoms with Gasteiger partial charge in [0.2, 0.25) is 6.79 Å². The normalized spacial score (nSPS) is 17.2. The van der Waals surface area contributed by atoms with Crippen LogP contribution in [0.15, 0.2) is 35.1 Å². The van der Waals surface area contributed by atoms with Gasteiger partial charge in [-0.05, 0) is 43.5 Å². The van der Waals surface area contributed by atoms with Gasteiger partial charge in [-0.2, -0.15) is 5.10 Å². The molecule has 1 N–H and O–H groups in total. The average molecular weight is 328 g/mol. The van der Waals surface area contributed by atoms with Gasteiger partial charge in [0.15, 0.2) is 11.5 Å². The molecule has 0 saturated carbocycles. The van der Waals surface area contributed by atoms with E-state index < -0.39 is 0 Å². The molecule has 0 atom stereocenters. The highest BCUT2D eigenvalue weighted by Crippen LogP contribution is 2.35. The van der Waals surface area contributed by atoms with Crippen molar-refractivity contribution in [3.05, 3.63) is 40.7 Å². The van der Waals surface area contributed by atoms with Gasteiger partial charge in [-0.25, -0.2) is 4.68 Å². The van der Waals surface area contributed by atoms with Crippen molar-refractivity contribution in [3.63, 3.8) is 0 Å². The number of rotatable bonds is 4. The Labute approximate surface area is 140 Å². The minimum atomic E-state index is -0.0455. The quantitative estimate of drug-likeness (QED) is 0.898. The Morgan fingerprint density at radius 1 is 1.04 bits per heavy atom. The number of benzene rings is 1. The van der Waals surface area contributed by atoms with Crippen LogP contribution in [0, 0.1) is 0 Å². The van der Waals surface area contributed by atoms with Crippen molar-refractivity contribution < 1.29 is 14.4 Å². The highest BCUT2D eigenvalue weighted by molar-refractivity contribution is 5.63. The first kappa shape index (κ1) is 15.2. The SMILES string of the molecule is O=c1ccc(-c2ccc3c(c2)OCO3)nn1CC[NH+]1CCCCC1. The van der Waals surface area contributed by atoms with Crippen molar-refractivity contribution in [3.8, 4) is 22.8 Å². The van der Waals surface area contributed by atoms with Gasteiger partial charge < -0.3 is 14.4 Å². The lowest BCUT2D eigenvalue weighted by Crippen LogP contribution is -3.13. The second-order valence-electron chi connectivity index (χ2n) is 6.41. The Kier molecular flexibility index (Phi) is 4.21. The van der Waals surface area contributed by atoms with Gasteiger partial charge in [-0.15, -0.1) is 0 Å². The summed E-state index contributed by atoms with van der Waals surface area (Å²) in [5, 5.41) is 4.55. The molecule has 2 aromatic rings.